The first-order chi connectivity index (χ1) is 15.0. The van der Waals surface area contributed by atoms with Crippen LogP contribution in [0.25, 0.3) is 6.08 Å². The third-order valence-corrected chi connectivity index (χ3v) is 7.19. The normalized spacial score (nSPS) is 14.8. The summed E-state index contributed by atoms with van der Waals surface area (Å²) in [6.45, 7) is 4.64. The fourth-order valence-electron chi connectivity index (χ4n) is 3.08. The fourth-order valence-corrected chi connectivity index (χ4v) is 5.25. The van der Waals surface area contributed by atoms with E-state index in [9.17, 15) is 4.79 Å². The Morgan fingerprint density at radius 3 is 2.32 bits per heavy atom. The molecule has 4 nitrogen and oxygen atoms in total. The van der Waals surface area contributed by atoms with Gasteiger partial charge in [-0.3, -0.25) is 0 Å². The average Bonchev–Trinajstić information content (AvgIpc) is 3.07. The van der Waals surface area contributed by atoms with Gasteiger partial charge in [-0.1, -0.05) is 0 Å². The zero-order valence-corrected chi connectivity index (χ0v) is 20.5. The van der Waals surface area contributed by atoms with Gasteiger partial charge in [0.2, 0.25) is 0 Å². The molecule has 0 bridgehead atoms. The van der Waals surface area contributed by atoms with Crippen LogP contribution < -0.4 is 14.1 Å². The number of hydrogen-bond donors (Lipinski definition) is 0. The van der Waals surface area contributed by atoms with Crippen molar-refractivity contribution >= 4 is 57.8 Å². The Bertz CT molecular complexity index is 1140. The van der Waals surface area contributed by atoms with E-state index in [1.807, 2.05) is 61.5 Å². The SMILES string of the molecule is CCOc1ccc(/C=C2\N=C([Se]c3ccc(C)cc3)N(c3ccc(Br)cc3)C2=O)cc1. The summed E-state index contributed by atoms with van der Waals surface area (Å²) in [6.07, 6.45) is 1.84. The molecule has 0 aliphatic carbocycles. The molecule has 0 saturated heterocycles. The van der Waals surface area contributed by atoms with Crippen LogP contribution in [0.2, 0.25) is 0 Å². The molecule has 0 atom stereocenters. The van der Waals surface area contributed by atoms with Gasteiger partial charge in [-0.05, 0) is 0 Å². The summed E-state index contributed by atoms with van der Waals surface area (Å²) in [6, 6.07) is 23.8. The molecule has 3 aromatic carbocycles. The van der Waals surface area contributed by atoms with E-state index in [0.29, 0.717) is 12.3 Å². The number of carbonyl (C=O) groups is 1. The number of anilines is 1. The summed E-state index contributed by atoms with van der Waals surface area (Å²) < 4.78 is 8.43. The molecule has 0 aromatic heterocycles. The Balaban J connectivity index is 1.68. The number of aryl methyl sites for hydroxylation is 1. The van der Waals surface area contributed by atoms with Crippen LogP contribution in [0.1, 0.15) is 18.1 Å². The van der Waals surface area contributed by atoms with Crippen LogP contribution in [0.3, 0.4) is 0 Å². The molecule has 1 aliphatic rings. The van der Waals surface area contributed by atoms with Crippen molar-refractivity contribution in [3.05, 3.63) is 94.1 Å². The Morgan fingerprint density at radius 2 is 1.68 bits per heavy atom. The summed E-state index contributed by atoms with van der Waals surface area (Å²) in [5.41, 5.74) is 3.38. The number of amides is 1. The van der Waals surface area contributed by atoms with Crippen molar-refractivity contribution in [3.63, 3.8) is 0 Å². The number of benzene rings is 3. The first-order valence-corrected chi connectivity index (χ1v) is 12.4. The second kappa shape index (κ2) is 9.65. The topological polar surface area (TPSA) is 41.9 Å². The van der Waals surface area contributed by atoms with Crippen LogP contribution >= 0.6 is 15.9 Å². The van der Waals surface area contributed by atoms with Gasteiger partial charge < -0.3 is 0 Å². The molecular formula is C25H21BrN2O2Se. The van der Waals surface area contributed by atoms with Gasteiger partial charge in [0.05, 0.1) is 0 Å². The van der Waals surface area contributed by atoms with Gasteiger partial charge in [0.1, 0.15) is 0 Å². The molecule has 1 heterocycles. The monoisotopic (exact) mass is 540 g/mol. The number of halogens is 1. The molecule has 0 radical (unpaired) electrons. The molecule has 3 aromatic rings. The Morgan fingerprint density at radius 1 is 1.00 bits per heavy atom. The molecule has 0 saturated carbocycles. The summed E-state index contributed by atoms with van der Waals surface area (Å²) in [4.78, 5) is 19.8. The average molecular weight is 540 g/mol. The molecular weight excluding hydrogens is 519 g/mol. The van der Waals surface area contributed by atoms with Crippen LogP contribution in [-0.2, 0) is 4.79 Å². The van der Waals surface area contributed by atoms with E-state index in [2.05, 4.69) is 47.1 Å². The van der Waals surface area contributed by atoms with Gasteiger partial charge in [-0.15, -0.1) is 0 Å². The zero-order valence-electron chi connectivity index (χ0n) is 17.2. The third-order valence-electron chi connectivity index (χ3n) is 4.64. The quantitative estimate of drug-likeness (QED) is 0.329. The van der Waals surface area contributed by atoms with Crippen LogP contribution in [0.4, 0.5) is 5.69 Å². The van der Waals surface area contributed by atoms with Gasteiger partial charge in [0.25, 0.3) is 0 Å². The van der Waals surface area contributed by atoms with E-state index in [1.54, 1.807) is 4.90 Å². The van der Waals surface area contributed by atoms with Crippen molar-refractivity contribution in [1.82, 2.24) is 0 Å². The number of nitrogens with zero attached hydrogens (tertiary/aromatic N) is 2. The summed E-state index contributed by atoms with van der Waals surface area (Å²) in [7, 11) is 0. The third kappa shape index (κ3) is 5.16. The number of ether oxygens (including phenoxy) is 1. The van der Waals surface area contributed by atoms with Crippen molar-refractivity contribution in [2.45, 2.75) is 13.8 Å². The number of carbonyl (C=O) groups excluding carboxylic acids is 1. The van der Waals surface area contributed by atoms with Crippen LogP contribution in [0.15, 0.2) is 88.0 Å². The molecule has 4 rings (SSSR count). The van der Waals surface area contributed by atoms with E-state index in [0.717, 1.165) is 26.2 Å². The molecule has 0 N–H and O–H groups in total. The molecule has 1 amide bonds. The number of hydrogen-bond acceptors (Lipinski definition) is 3. The minimum absolute atomic E-state index is 0.106. The van der Waals surface area contributed by atoms with Crippen molar-refractivity contribution < 1.29 is 9.53 Å². The van der Waals surface area contributed by atoms with Gasteiger partial charge in [-0.2, -0.15) is 0 Å². The fraction of sp³-hybridized carbons (Fsp3) is 0.120. The second-order valence-electron chi connectivity index (χ2n) is 6.96. The number of rotatable bonds is 6. The summed E-state index contributed by atoms with van der Waals surface area (Å²) >= 11 is 3.36. The molecule has 6 heteroatoms. The predicted octanol–water partition coefficient (Wildman–Crippen LogP) is 4.93. The molecule has 1 aliphatic heterocycles. The van der Waals surface area contributed by atoms with E-state index in [-0.39, 0.29) is 20.9 Å². The Hall–Kier alpha value is -2.66. The molecule has 0 fully saturated rings. The standard InChI is InChI=1S/C25H21BrN2O2Se/c1-3-30-21-12-6-18(7-13-21)16-23-24(29)28(20-10-8-19(26)9-11-20)25(27-23)31-22-14-4-17(2)5-15-22/h4-16H,3H2,1-2H3/b23-16-. The Labute approximate surface area is 196 Å². The van der Waals surface area contributed by atoms with Gasteiger partial charge in [0, 0.05) is 0 Å². The maximum absolute atomic E-state index is 13.3. The van der Waals surface area contributed by atoms with Crippen molar-refractivity contribution in [2.75, 3.05) is 11.5 Å². The molecule has 31 heavy (non-hydrogen) atoms. The zero-order chi connectivity index (χ0) is 21.8. The van der Waals surface area contributed by atoms with Crippen LogP contribution in [0, 0.1) is 6.92 Å². The van der Waals surface area contributed by atoms with Gasteiger partial charge >= 0.3 is 197 Å². The van der Waals surface area contributed by atoms with E-state index < -0.39 is 0 Å². The van der Waals surface area contributed by atoms with Crippen LogP contribution in [0.5, 0.6) is 5.75 Å². The molecule has 0 unspecified atom stereocenters. The van der Waals surface area contributed by atoms with Crippen molar-refractivity contribution in [1.29, 1.82) is 0 Å². The molecule has 0 spiro atoms. The number of amidine groups is 1. The number of aliphatic imine (C=N–C) groups is 1. The summed E-state index contributed by atoms with van der Waals surface area (Å²) in [5, 5.41) is 0. The first kappa shape index (κ1) is 21.6. The van der Waals surface area contributed by atoms with Gasteiger partial charge in [-0.25, -0.2) is 0 Å². The van der Waals surface area contributed by atoms with E-state index >= 15 is 0 Å². The molecule has 156 valence electrons. The van der Waals surface area contributed by atoms with Gasteiger partial charge in [0.15, 0.2) is 0 Å². The second-order valence-corrected chi connectivity index (χ2v) is 10.1. The Kier molecular flexibility index (Phi) is 6.71. The van der Waals surface area contributed by atoms with E-state index in [1.165, 1.54) is 10.0 Å². The minimum atomic E-state index is -0.111. The summed E-state index contributed by atoms with van der Waals surface area (Å²) in [5.74, 6) is 0.700. The van der Waals surface area contributed by atoms with Crippen molar-refractivity contribution in [3.8, 4) is 5.75 Å². The first-order valence-electron chi connectivity index (χ1n) is 9.91. The predicted molar refractivity (Wildman–Crippen MR) is 131 cm³/mol. The van der Waals surface area contributed by atoms with E-state index in [4.69, 9.17) is 9.73 Å². The van der Waals surface area contributed by atoms with Crippen LogP contribution in [-0.4, -0.2) is 32.2 Å². The maximum atomic E-state index is 13.3. The van der Waals surface area contributed by atoms with Crippen molar-refractivity contribution in [2.24, 2.45) is 4.99 Å².